The Morgan fingerprint density at radius 1 is 1.10 bits per heavy atom. The minimum absolute atomic E-state index is 0.0850. The second-order valence-electron chi connectivity index (χ2n) is 7.07. The van der Waals surface area contributed by atoms with Crippen molar-refractivity contribution in [3.05, 3.63) is 51.2 Å². The van der Waals surface area contributed by atoms with E-state index in [4.69, 9.17) is 9.47 Å². The SMILES string of the molecule is CC(=O)NCCc1ccc(C(=O)COC(=O)COc2cc(C)ccc2C(C)C)s1. The van der Waals surface area contributed by atoms with E-state index in [0.717, 1.165) is 16.0 Å². The van der Waals surface area contributed by atoms with Crippen LogP contribution in [0.15, 0.2) is 30.3 Å². The second-order valence-corrected chi connectivity index (χ2v) is 8.24. The maximum Gasteiger partial charge on any atom is 0.344 e. The number of ether oxygens (including phenoxy) is 2. The molecule has 0 saturated carbocycles. The largest absolute Gasteiger partial charge is 0.482 e. The van der Waals surface area contributed by atoms with Gasteiger partial charge >= 0.3 is 5.97 Å². The van der Waals surface area contributed by atoms with Gasteiger partial charge in [0.1, 0.15) is 5.75 Å². The number of rotatable bonds is 10. The maximum absolute atomic E-state index is 12.2. The van der Waals surface area contributed by atoms with E-state index in [1.807, 2.05) is 31.2 Å². The van der Waals surface area contributed by atoms with Crippen LogP contribution in [-0.4, -0.2) is 37.4 Å². The summed E-state index contributed by atoms with van der Waals surface area (Å²) >= 11 is 1.34. The van der Waals surface area contributed by atoms with Crippen LogP contribution in [0.2, 0.25) is 0 Å². The summed E-state index contributed by atoms with van der Waals surface area (Å²) in [6.45, 7) is 7.48. The molecule has 1 heterocycles. The highest BCUT2D eigenvalue weighted by molar-refractivity contribution is 7.14. The van der Waals surface area contributed by atoms with Crippen LogP contribution in [0.4, 0.5) is 0 Å². The summed E-state index contributed by atoms with van der Waals surface area (Å²) in [5.41, 5.74) is 2.06. The molecule has 2 rings (SSSR count). The summed E-state index contributed by atoms with van der Waals surface area (Å²) in [5, 5.41) is 2.71. The van der Waals surface area contributed by atoms with Gasteiger partial charge in [0.15, 0.2) is 13.2 Å². The first-order valence-corrected chi connectivity index (χ1v) is 10.3. The third-order valence-corrected chi connectivity index (χ3v) is 5.37. The molecule has 6 nitrogen and oxygen atoms in total. The summed E-state index contributed by atoms with van der Waals surface area (Å²) < 4.78 is 10.7. The van der Waals surface area contributed by atoms with Crippen LogP contribution in [0, 0.1) is 6.92 Å². The summed E-state index contributed by atoms with van der Waals surface area (Å²) in [6, 6.07) is 9.44. The van der Waals surface area contributed by atoms with Crippen LogP contribution in [0.3, 0.4) is 0 Å². The Hall–Kier alpha value is -2.67. The van der Waals surface area contributed by atoms with Gasteiger partial charge in [0.25, 0.3) is 0 Å². The zero-order valence-corrected chi connectivity index (χ0v) is 18.1. The zero-order valence-electron chi connectivity index (χ0n) is 17.2. The minimum atomic E-state index is -0.586. The Morgan fingerprint density at radius 2 is 1.86 bits per heavy atom. The fourth-order valence-electron chi connectivity index (χ4n) is 2.66. The lowest BCUT2D eigenvalue weighted by atomic mass is 10.0. The highest BCUT2D eigenvalue weighted by atomic mass is 32.1. The first kappa shape index (κ1) is 22.6. The molecule has 1 aromatic heterocycles. The molecule has 2 aromatic rings. The van der Waals surface area contributed by atoms with E-state index in [0.29, 0.717) is 23.6 Å². The first-order chi connectivity index (χ1) is 13.8. The Balaban J connectivity index is 1.81. The molecule has 0 aliphatic heterocycles. The summed E-state index contributed by atoms with van der Waals surface area (Å²) in [6.07, 6.45) is 0.653. The minimum Gasteiger partial charge on any atom is -0.482 e. The number of Topliss-reactive ketones (excluding diaryl/α,β-unsaturated/α-hetero) is 1. The highest BCUT2D eigenvalue weighted by Crippen LogP contribution is 2.27. The number of aryl methyl sites for hydroxylation is 1. The van der Waals surface area contributed by atoms with Gasteiger partial charge in [-0.25, -0.2) is 4.79 Å². The smallest absolute Gasteiger partial charge is 0.344 e. The van der Waals surface area contributed by atoms with Gasteiger partial charge in [-0.2, -0.15) is 0 Å². The van der Waals surface area contributed by atoms with Crippen LogP contribution in [0.5, 0.6) is 5.75 Å². The number of carbonyl (C=O) groups excluding carboxylic acids is 3. The van der Waals surface area contributed by atoms with Gasteiger partial charge in [-0.3, -0.25) is 9.59 Å². The third-order valence-electron chi connectivity index (χ3n) is 4.18. The van der Waals surface area contributed by atoms with Crippen molar-refractivity contribution in [1.82, 2.24) is 5.32 Å². The summed E-state index contributed by atoms with van der Waals surface area (Å²) in [7, 11) is 0. The molecule has 0 atom stereocenters. The molecular weight excluding hydrogens is 390 g/mol. The van der Waals surface area contributed by atoms with Crippen molar-refractivity contribution < 1.29 is 23.9 Å². The van der Waals surface area contributed by atoms with Crippen molar-refractivity contribution >= 4 is 29.0 Å². The predicted molar refractivity (Wildman–Crippen MR) is 113 cm³/mol. The Morgan fingerprint density at radius 3 is 2.55 bits per heavy atom. The topological polar surface area (TPSA) is 81.7 Å². The number of thiophene rings is 1. The molecule has 156 valence electrons. The quantitative estimate of drug-likeness (QED) is 0.471. The highest BCUT2D eigenvalue weighted by Gasteiger charge is 2.14. The average molecular weight is 418 g/mol. The van der Waals surface area contributed by atoms with E-state index in [9.17, 15) is 14.4 Å². The molecule has 7 heteroatoms. The van der Waals surface area contributed by atoms with Crippen molar-refractivity contribution in [3.63, 3.8) is 0 Å². The number of hydrogen-bond acceptors (Lipinski definition) is 6. The van der Waals surface area contributed by atoms with Crippen molar-refractivity contribution in [1.29, 1.82) is 0 Å². The van der Waals surface area contributed by atoms with Crippen LogP contribution < -0.4 is 10.1 Å². The fraction of sp³-hybridized carbons (Fsp3) is 0.409. The average Bonchev–Trinajstić information content (AvgIpc) is 3.13. The Bertz CT molecular complexity index is 872. The second kappa shape index (κ2) is 10.8. The van der Waals surface area contributed by atoms with E-state index < -0.39 is 5.97 Å². The lowest BCUT2D eigenvalue weighted by Gasteiger charge is -2.14. The Kier molecular flexibility index (Phi) is 8.39. The molecule has 1 amide bonds. The van der Waals surface area contributed by atoms with Crippen LogP contribution in [0.25, 0.3) is 0 Å². The maximum atomic E-state index is 12.2. The molecule has 0 bridgehead atoms. The normalized spacial score (nSPS) is 10.7. The number of nitrogens with one attached hydrogen (secondary N) is 1. The lowest BCUT2D eigenvalue weighted by molar-refractivity contribution is -0.144. The fourth-order valence-corrected chi connectivity index (χ4v) is 3.59. The molecular formula is C22H27NO5S. The number of benzene rings is 1. The number of ketones is 1. The molecule has 0 radical (unpaired) electrons. The molecule has 0 fully saturated rings. The van der Waals surface area contributed by atoms with Crippen molar-refractivity contribution in [2.75, 3.05) is 19.8 Å². The van der Waals surface area contributed by atoms with Gasteiger partial charge in [-0.05, 0) is 48.6 Å². The number of amides is 1. The molecule has 1 aromatic carbocycles. The molecule has 0 saturated heterocycles. The number of hydrogen-bond donors (Lipinski definition) is 1. The lowest BCUT2D eigenvalue weighted by Crippen LogP contribution is -2.22. The Labute approximate surface area is 175 Å². The van der Waals surface area contributed by atoms with Crippen molar-refractivity contribution in [3.8, 4) is 5.75 Å². The van der Waals surface area contributed by atoms with Crippen LogP contribution in [-0.2, 0) is 20.7 Å². The number of esters is 1. The standard InChI is InChI=1S/C22H27NO5S/c1-14(2)18-7-5-15(3)11-20(18)27-13-22(26)28-12-19(25)21-8-6-17(29-21)9-10-23-16(4)24/h5-8,11,14H,9-10,12-13H2,1-4H3,(H,23,24). The van der Waals surface area contributed by atoms with E-state index >= 15 is 0 Å². The van der Waals surface area contributed by atoms with Crippen molar-refractivity contribution in [2.45, 2.75) is 40.0 Å². The molecule has 0 aliphatic carbocycles. The van der Waals surface area contributed by atoms with E-state index in [2.05, 4.69) is 19.2 Å². The van der Waals surface area contributed by atoms with Crippen LogP contribution in [0.1, 0.15) is 52.4 Å². The van der Waals surface area contributed by atoms with Gasteiger partial charge < -0.3 is 14.8 Å². The molecule has 0 unspecified atom stereocenters. The molecule has 1 N–H and O–H groups in total. The number of carbonyl (C=O) groups is 3. The van der Waals surface area contributed by atoms with Gasteiger partial charge in [0.2, 0.25) is 11.7 Å². The van der Waals surface area contributed by atoms with Gasteiger partial charge in [-0.1, -0.05) is 26.0 Å². The monoisotopic (exact) mass is 417 g/mol. The van der Waals surface area contributed by atoms with Gasteiger partial charge in [-0.15, -0.1) is 11.3 Å². The molecule has 0 spiro atoms. The molecule has 29 heavy (non-hydrogen) atoms. The first-order valence-electron chi connectivity index (χ1n) is 9.51. The third kappa shape index (κ3) is 7.34. The van der Waals surface area contributed by atoms with E-state index in [-0.39, 0.29) is 30.8 Å². The van der Waals surface area contributed by atoms with Crippen LogP contribution >= 0.6 is 11.3 Å². The van der Waals surface area contributed by atoms with Gasteiger partial charge in [0.05, 0.1) is 4.88 Å². The van der Waals surface area contributed by atoms with E-state index in [1.54, 1.807) is 6.07 Å². The predicted octanol–water partition coefficient (Wildman–Crippen LogP) is 3.66. The summed E-state index contributed by atoms with van der Waals surface area (Å²) in [5.74, 6) is -0.00469. The van der Waals surface area contributed by atoms with Gasteiger partial charge in [0, 0.05) is 18.3 Å². The zero-order chi connectivity index (χ0) is 21.4. The van der Waals surface area contributed by atoms with Crippen molar-refractivity contribution in [2.24, 2.45) is 0 Å². The van der Waals surface area contributed by atoms with E-state index in [1.165, 1.54) is 18.3 Å². The molecule has 0 aliphatic rings. The summed E-state index contributed by atoms with van der Waals surface area (Å²) in [4.78, 5) is 36.6.